The molecule has 0 spiro atoms. The van der Waals surface area contributed by atoms with Crippen LogP contribution in [-0.4, -0.2) is 91.1 Å². The fourth-order valence-electron chi connectivity index (χ4n) is 5.29. The van der Waals surface area contributed by atoms with Gasteiger partial charge in [-0.15, -0.1) is 0 Å². The molecule has 1 N–H and O–H groups in total. The molecule has 5 heterocycles. The minimum atomic E-state index is -0.935. The van der Waals surface area contributed by atoms with Crippen LogP contribution in [0.4, 0.5) is 32.6 Å². The average molecular weight is 644 g/mol. The van der Waals surface area contributed by atoms with Crippen molar-refractivity contribution in [3.05, 3.63) is 55.2 Å². The van der Waals surface area contributed by atoms with E-state index in [0.29, 0.717) is 29.0 Å². The first-order chi connectivity index (χ1) is 22.2. The number of hydrogen-bond donors (Lipinski definition) is 1. The van der Waals surface area contributed by atoms with E-state index in [-0.39, 0.29) is 12.0 Å². The van der Waals surface area contributed by atoms with Crippen molar-refractivity contribution in [1.82, 2.24) is 29.2 Å². The van der Waals surface area contributed by atoms with Crippen molar-refractivity contribution in [3.63, 3.8) is 0 Å². The molecule has 2 atom stereocenters. The number of piperazine rings is 1. The molecule has 4 aromatic rings. The summed E-state index contributed by atoms with van der Waals surface area (Å²) in [6.07, 6.45) is 6.77. The molecule has 0 saturated carbocycles. The average Bonchev–Trinajstić information content (AvgIpc) is 3.53. The first-order valence-electron chi connectivity index (χ1n) is 15.7. The van der Waals surface area contributed by atoms with E-state index in [1.54, 1.807) is 60.1 Å². The Bertz CT molecular complexity index is 1730. The van der Waals surface area contributed by atoms with Gasteiger partial charge in [-0.05, 0) is 72.7 Å². The number of aromatic nitrogens is 5. The van der Waals surface area contributed by atoms with E-state index in [0.717, 1.165) is 42.5 Å². The number of epoxide rings is 1. The zero-order valence-electron chi connectivity index (χ0n) is 27.8. The van der Waals surface area contributed by atoms with Crippen LogP contribution < -0.4 is 15.1 Å². The lowest BCUT2D eigenvalue weighted by atomic mass is 10.2. The van der Waals surface area contributed by atoms with Gasteiger partial charge in [-0.1, -0.05) is 0 Å². The first kappa shape index (κ1) is 32.1. The third kappa shape index (κ3) is 7.60. The largest absolute Gasteiger partial charge is 0.443 e. The van der Waals surface area contributed by atoms with E-state index in [1.807, 2.05) is 16.5 Å². The lowest BCUT2D eigenvalue weighted by molar-refractivity contribution is 0.0429. The van der Waals surface area contributed by atoms with Crippen molar-refractivity contribution in [1.29, 1.82) is 0 Å². The van der Waals surface area contributed by atoms with Crippen molar-refractivity contribution >= 4 is 40.8 Å². The molecule has 1 aromatic carbocycles. The zero-order chi connectivity index (χ0) is 33.5. The van der Waals surface area contributed by atoms with Gasteiger partial charge in [-0.25, -0.2) is 24.5 Å². The predicted molar refractivity (Wildman–Crippen MR) is 177 cm³/mol. The van der Waals surface area contributed by atoms with Crippen LogP contribution in [0.5, 0.6) is 0 Å². The fourth-order valence-corrected chi connectivity index (χ4v) is 5.29. The molecule has 0 aliphatic carbocycles. The van der Waals surface area contributed by atoms with Crippen LogP contribution in [0.2, 0.25) is 0 Å². The van der Waals surface area contributed by atoms with Crippen molar-refractivity contribution in [3.8, 4) is 11.4 Å². The third-order valence-corrected chi connectivity index (χ3v) is 7.49. The van der Waals surface area contributed by atoms with Crippen LogP contribution in [0.15, 0.2) is 55.2 Å². The standard InChI is InChI=1S/C33H41N9O5/c1-21-29(45-21)40-16-14-39(15-17-40)23-10-8-22(9-11-23)36-27-28-35-12-13-41(28)20-25(38-27)24-18-34-19-26(37-24)42(30(43)46-32(2,3)4)31(44)47-33(5,6)7/h8-13,18-21,29H,14-17H2,1-7H3,(H,36,38). The van der Waals surface area contributed by atoms with Gasteiger partial charge in [-0.2, -0.15) is 4.90 Å². The van der Waals surface area contributed by atoms with Crippen LogP contribution in [-0.2, 0) is 14.2 Å². The second-order valence-corrected chi connectivity index (χ2v) is 13.6. The Labute approximate surface area is 273 Å². The highest BCUT2D eigenvalue weighted by Crippen LogP contribution is 2.29. The molecular weight excluding hydrogens is 602 g/mol. The van der Waals surface area contributed by atoms with Gasteiger partial charge in [0.2, 0.25) is 0 Å². The van der Waals surface area contributed by atoms with Gasteiger partial charge in [0.15, 0.2) is 17.3 Å². The molecule has 14 nitrogen and oxygen atoms in total. The molecule has 3 aromatic heterocycles. The predicted octanol–water partition coefficient (Wildman–Crippen LogP) is 5.47. The molecule has 2 fully saturated rings. The topological polar surface area (TPSA) is 143 Å². The van der Waals surface area contributed by atoms with Crippen LogP contribution in [0.3, 0.4) is 0 Å². The second kappa shape index (κ2) is 12.4. The summed E-state index contributed by atoms with van der Waals surface area (Å²) >= 11 is 0. The number of nitrogens with one attached hydrogen (secondary N) is 1. The van der Waals surface area contributed by atoms with Crippen LogP contribution in [0.1, 0.15) is 48.5 Å². The number of imidazole rings is 1. The number of nitrogens with zero attached hydrogens (tertiary/aromatic N) is 8. The van der Waals surface area contributed by atoms with Crippen molar-refractivity contribution < 1.29 is 23.8 Å². The highest BCUT2D eigenvalue weighted by Gasteiger charge is 2.40. The monoisotopic (exact) mass is 643 g/mol. The maximum Gasteiger partial charge on any atom is 0.425 e. The van der Waals surface area contributed by atoms with E-state index in [1.165, 1.54) is 12.4 Å². The molecule has 248 valence electrons. The smallest absolute Gasteiger partial charge is 0.425 e. The Kier molecular flexibility index (Phi) is 8.49. The Morgan fingerprint density at radius 2 is 1.55 bits per heavy atom. The zero-order valence-corrected chi connectivity index (χ0v) is 27.8. The number of anilines is 4. The highest BCUT2D eigenvalue weighted by molar-refractivity contribution is 6.08. The maximum atomic E-state index is 13.2. The number of carbonyl (C=O) groups excluding carboxylic acids is 2. The van der Waals surface area contributed by atoms with Gasteiger partial charge in [0.1, 0.15) is 28.8 Å². The van der Waals surface area contributed by atoms with Crippen molar-refractivity contribution in [2.45, 2.75) is 72.0 Å². The lowest BCUT2D eigenvalue weighted by Crippen LogP contribution is -2.47. The van der Waals surface area contributed by atoms with Crippen LogP contribution in [0, 0.1) is 0 Å². The minimum absolute atomic E-state index is 0.0661. The quantitative estimate of drug-likeness (QED) is 0.266. The normalized spacial score (nSPS) is 18.6. The molecule has 47 heavy (non-hydrogen) atoms. The molecule has 2 aliphatic rings. The summed E-state index contributed by atoms with van der Waals surface area (Å²) in [5.41, 5.74) is 1.62. The third-order valence-electron chi connectivity index (χ3n) is 7.49. The highest BCUT2D eigenvalue weighted by atomic mass is 16.6. The van der Waals surface area contributed by atoms with Gasteiger partial charge in [0, 0.05) is 56.1 Å². The van der Waals surface area contributed by atoms with Crippen molar-refractivity contribution in [2.24, 2.45) is 0 Å². The first-order valence-corrected chi connectivity index (χ1v) is 15.7. The molecule has 2 aliphatic heterocycles. The summed E-state index contributed by atoms with van der Waals surface area (Å²) in [7, 11) is 0. The molecule has 2 amide bonds. The van der Waals surface area contributed by atoms with Gasteiger partial charge < -0.3 is 28.8 Å². The van der Waals surface area contributed by atoms with Gasteiger partial charge in [0.05, 0.1) is 18.5 Å². The summed E-state index contributed by atoms with van der Waals surface area (Å²) in [6, 6.07) is 8.22. The van der Waals surface area contributed by atoms with Crippen LogP contribution >= 0.6 is 0 Å². The molecule has 0 radical (unpaired) electrons. The summed E-state index contributed by atoms with van der Waals surface area (Å²) in [4.78, 5) is 50.1. The number of carbonyl (C=O) groups is 2. The number of imide groups is 1. The molecule has 0 bridgehead atoms. The number of hydrogen-bond acceptors (Lipinski definition) is 12. The van der Waals surface area contributed by atoms with Gasteiger partial charge in [-0.3, -0.25) is 9.88 Å². The fraction of sp³-hybridized carbons (Fsp3) is 0.455. The van der Waals surface area contributed by atoms with E-state index in [2.05, 4.69) is 49.1 Å². The Hall–Kier alpha value is -4.82. The summed E-state index contributed by atoms with van der Waals surface area (Å²) < 4.78 is 18.5. The Balaban J connectivity index is 1.24. The molecule has 6 rings (SSSR count). The molecular formula is C33H41N9O5. The number of benzene rings is 1. The summed E-state index contributed by atoms with van der Waals surface area (Å²) in [5, 5.41) is 3.39. The SMILES string of the molecule is CC1OC1N1CCN(c2ccc(Nc3nc(-c4cncc(N(C(=O)OC(C)(C)C)C(=O)OC(C)(C)C)n4)cn4ccnc34)cc2)CC1. The summed E-state index contributed by atoms with van der Waals surface area (Å²) in [6.45, 7) is 16.2. The van der Waals surface area contributed by atoms with E-state index in [9.17, 15) is 9.59 Å². The van der Waals surface area contributed by atoms with Crippen LogP contribution in [0.25, 0.3) is 17.0 Å². The van der Waals surface area contributed by atoms with E-state index in [4.69, 9.17) is 19.2 Å². The minimum Gasteiger partial charge on any atom is -0.443 e. The van der Waals surface area contributed by atoms with E-state index >= 15 is 0 Å². The lowest BCUT2D eigenvalue weighted by Gasteiger charge is -2.35. The van der Waals surface area contributed by atoms with Crippen molar-refractivity contribution in [2.75, 3.05) is 41.3 Å². The maximum absolute atomic E-state index is 13.2. The molecule has 2 saturated heterocycles. The molecule has 2 unspecified atom stereocenters. The number of ether oxygens (including phenoxy) is 3. The Morgan fingerprint density at radius 1 is 0.915 bits per heavy atom. The second-order valence-electron chi connectivity index (χ2n) is 13.6. The van der Waals surface area contributed by atoms with Gasteiger partial charge in [0.25, 0.3) is 0 Å². The number of fused-ring (bicyclic) bond motifs is 1. The number of rotatable bonds is 6. The molecule has 14 heteroatoms. The van der Waals surface area contributed by atoms with Gasteiger partial charge >= 0.3 is 12.2 Å². The van der Waals surface area contributed by atoms with E-state index < -0.39 is 23.4 Å². The Morgan fingerprint density at radius 3 is 2.15 bits per heavy atom. The number of amides is 2. The summed E-state index contributed by atoms with van der Waals surface area (Å²) in [5.74, 6) is 0.430.